The van der Waals surface area contributed by atoms with Crippen LogP contribution in [0.4, 0.5) is 5.69 Å². The molecule has 174 valence electrons. The molecule has 0 aliphatic heterocycles. The van der Waals surface area contributed by atoms with Crippen molar-refractivity contribution in [1.29, 1.82) is 0 Å². The number of nitrogens with one attached hydrogen (secondary N) is 1. The van der Waals surface area contributed by atoms with Gasteiger partial charge < -0.3 is 10.2 Å². The highest BCUT2D eigenvalue weighted by Crippen LogP contribution is 2.27. The standard InChI is InChI=1S/C23H30BrN3O4S/c1-17(2)25-23(29)18(3)26(15-14-19-10-6-5-7-11-19)22(28)16-27(32(4,30)31)21-13-9-8-12-20(21)24/h5-13,17-18H,14-16H2,1-4H3,(H,25,29)/t18-/m0/s1. The molecule has 2 amide bonds. The molecule has 7 nitrogen and oxygen atoms in total. The number of anilines is 1. The van der Waals surface area contributed by atoms with Gasteiger partial charge in [-0.15, -0.1) is 0 Å². The van der Waals surface area contributed by atoms with E-state index in [4.69, 9.17) is 0 Å². The second-order valence-electron chi connectivity index (χ2n) is 7.88. The topological polar surface area (TPSA) is 86.8 Å². The maximum Gasteiger partial charge on any atom is 0.244 e. The molecule has 1 N–H and O–H groups in total. The van der Waals surface area contributed by atoms with Gasteiger partial charge in [-0.2, -0.15) is 0 Å². The molecule has 0 bridgehead atoms. The van der Waals surface area contributed by atoms with Crippen LogP contribution < -0.4 is 9.62 Å². The molecule has 9 heteroatoms. The van der Waals surface area contributed by atoms with E-state index in [2.05, 4.69) is 21.2 Å². The van der Waals surface area contributed by atoms with E-state index in [0.29, 0.717) is 16.6 Å². The van der Waals surface area contributed by atoms with Gasteiger partial charge in [0.2, 0.25) is 21.8 Å². The van der Waals surface area contributed by atoms with Crippen LogP contribution in [0.15, 0.2) is 59.1 Å². The van der Waals surface area contributed by atoms with Crippen molar-refractivity contribution in [1.82, 2.24) is 10.2 Å². The first-order chi connectivity index (χ1) is 15.0. The maximum atomic E-state index is 13.4. The smallest absolute Gasteiger partial charge is 0.244 e. The molecule has 0 aromatic heterocycles. The van der Waals surface area contributed by atoms with Gasteiger partial charge in [0.05, 0.1) is 11.9 Å². The van der Waals surface area contributed by atoms with Gasteiger partial charge in [-0.3, -0.25) is 13.9 Å². The van der Waals surface area contributed by atoms with Gasteiger partial charge in [0.1, 0.15) is 12.6 Å². The Kier molecular flexibility index (Phi) is 9.27. The summed E-state index contributed by atoms with van der Waals surface area (Å²) in [4.78, 5) is 27.5. The van der Waals surface area contributed by atoms with Crippen LogP contribution in [0.3, 0.4) is 0 Å². The second-order valence-corrected chi connectivity index (χ2v) is 10.6. The number of carbonyl (C=O) groups is 2. The minimum atomic E-state index is -3.75. The van der Waals surface area contributed by atoms with Crippen molar-refractivity contribution in [3.8, 4) is 0 Å². The molecule has 0 heterocycles. The van der Waals surface area contributed by atoms with Gasteiger partial charge in [0.25, 0.3) is 0 Å². The first-order valence-corrected chi connectivity index (χ1v) is 13.0. The average molecular weight is 524 g/mol. The second kappa shape index (κ2) is 11.5. The lowest BCUT2D eigenvalue weighted by molar-refractivity contribution is -0.139. The van der Waals surface area contributed by atoms with Gasteiger partial charge in [-0.25, -0.2) is 8.42 Å². The molecule has 2 aromatic carbocycles. The van der Waals surface area contributed by atoms with Crippen molar-refractivity contribution in [3.63, 3.8) is 0 Å². The Labute approximate surface area is 199 Å². The fourth-order valence-electron chi connectivity index (χ4n) is 3.22. The Bertz CT molecular complexity index is 1030. The van der Waals surface area contributed by atoms with E-state index in [1.54, 1.807) is 31.2 Å². The maximum absolute atomic E-state index is 13.4. The molecule has 1 atom stereocenters. The number of carbonyl (C=O) groups excluding carboxylic acids is 2. The minimum absolute atomic E-state index is 0.0798. The third kappa shape index (κ3) is 7.34. The summed E-state index contributed by atoms with van der Waals surface area (Å²) in [6, 6.07) is 15.6. The number of halogens is 1. The van der Waals surface area contributed by atoms with Gasteiger partial charge in [-0.05, 0) is 60.8 Å². The third-order valence-electron chi connectivity index (χ3n) is 4.88. The molecular weight excluding hydrogens is 494 g/mol. The van der Waals surface area contributed by atoms with Crippen molar-refractivity contribution in [2.24, 2.45) is 0 Å². The van der Waals surface area contributed by atoms with E-state index in [0.717, 1.165) is 16.1 Å². The Morgan fingerprint density at radius 2 is 1.59 bits per heavy atom. The van der Waals surface area contributed by atoms with Crippen LogP contribution >= 0.6 is 15.9 Å². The molecule has 0 radical (unpaired) electrons. The zero-order chi connectivity index (χ0) is 23.9. The zero-order valence-electron chi connectivity index (χ0n) is 18.8. The fourth-order valence-corrected chi connectivity index (χ4v) is 4.70. The van der Waals surface area contributed by atoms with Crippen LogP contribution in [-0.2, 0) is 26.0 Å². The molecule has 0 fully saturated rings. The molecule has 0 unspecified atom stereocenters. The molecule has 32 heavy (non-hydrogen) atoms. The van der Waals surface area contributed by atoms with Gasteiger partial charge in [0.15, 0.2) is 0 Å². The first-order valence-electron chi connectivity index (χ1n) is 10.4. The monoisotopic (exact) mass is 523 g/mol. The number of nitrogens with zero attached hydrogens (tertiary/aromatic N) is 2. The highest BCUT2D eigenvalue weighted by molar-refractivity contribution is 9.10. The van der Waals surface area contributed by atoms with E-state index in [9.17, 15) is 18.0 Å². The van der Waals surface area contributed by atoms with Crippen molar-refractivity contribution < 1.29 is 18.0 Å². The Morgan fingerprint density at radius 3 is 2.16 bits per heavy atom. The highest BCUT2D eigenvalue weighted by atomic mass is 79.9. The van der Waals surface area contributed by atoms with Crippen LogP contribution in [0, 0.1) is 0 Å². The number of amides is 2. The summed E-state index contributed by atoms with van der Waals surface area (Å²) in [6.45, 7) is 5.22. The van der Waals surface area contributed by atoms with E-state index in [-0.39, 0.29) is 18.5 Å². The van der Waals surface area contributed by atoms with Crippen molar-refractivity contribution in [2.45, 2.75) is 39.3 Å². The molecule has 0 saturated carbocycles. The normalized spacial score (nSPS) is 12.3. The van der Waals surface area contributed by atoms with E-state index in [1.165, 1.54) is 4.90 Å². The SMILES string of the molecule is CC(C)NC(=O)[C@H](C)N(CCc1ccccc1)C(=O)CN(c1ccccc1Br)S(C)(=O)=O. The number of benzene rings is 2. The fraction of sp³-hybridized carbons (Fsp3) is 0.391. The van der Waals surface area contributed by atoms with Crippen molar-refractivity contribution >= 4 is 43.5 Å². The summed E-state index contributed by atoms with van der Waals surface area (Å²) in [5, 5.41) is 2.83. The molecule has 0 aliphatic rings. The summed E-state index contributed by atoms with van der Waals surface area (Å²) in [7, 11) is -3.75. The predicted octanol–water partition coefficient (Wildman–Crippen LogP) is 3.20. The van der Waals surface area contributed by atoms with E-state index < -0.39 is 28.5 Å². The quantitative estimate of drug-likeness (QED) is 0.517. The number of para-hydroxylation sites is 1. The van der Waals surface area contributed by atoms with Crippen LogP contribution in [0.5, 0.6) is 0 Å². The number of rotatable bonds is 10. The molecule has 0 saturated heterocycles. The molecule has 0 aliphatic carbocycles. The van der Waals surface area contributed by atoms with E-state index >= 15 is 0 Å². The molecule has 0 spiro atoms. The molecule has 2 rings (SSSR count). The largest absolute Gasteiger partial charge is 0.352 e. The number of sulfonamides is 1. The van der Waals surface area contributed by atoms with Crippen LogP contribution in [0.1, 0.15) is 26.3 Å². The van der Waals surface area contributed by atoms with Gasteiger partial charge >= 0.3 is 0 Å². The molecular formula is C23H30BrN3O4S. The van der Waals surface area contributed by atoms with Gasteiger partial charge in [-0.1, -0.05) is 42.5 Å². The number of hydrogen-bond acceptors (Lipinski definition) is 4. The van der Waals surface area contributed by atoms with Crippen molar-refractivity contribution in [3.05, 3.63) is 64.6 Å². The van der Waals surface area contributed by atoms with E-state index in [1.807, 2.05) is 44.2 Å². The predicted molar refractivity (Wildman–Crippen MR) is 131 cm³/mol. The summed E-state index contributed by atoms with van der Waals surface area (Å²) < 4.78 is 26.7. The summed E-state index contributed by atoms with van der Waals surface area (Å²) in [6.07, 6.45) is 1.60. The summed E-state index contributed by atoms with van der Waals surface area (Å²) in [5.41, 5.74) is 1.39. The Hall–Kier alpha value is -2.39. The highest BCUT2D eigenvalue weighted by Gasteiger charge is 2.30. The van der Waals surface area contributed by atoms with Crippen LogP contribution in [0.25, 0.3) is 0 Å². The Morgan fingerprint density at radius 1 is 1.00 bits per heavy atom. The van der Waals surface area contributed by atoms with Crippen molar-refractivity contribution in [2.75, 3.05) is 23.7 Å². The minimum Gasteiger partial charge on any atom is -0.352 e. The lowest BCUT2D eigenvalue weighted by Crippen LogP contribution is -2.53. The number of hydrogen-bond donors (Lipinski definition) is 1. The Balaban J connectivity index is 2.32. The molecule has 2 aromatic rings. The van der Waals surface area contributed by atoms with Crippen LogP contribution in [0.2, 0.25) is 0 Å². The third-order valence-corrected chi connectivity index (χ3v) is 6.68. The first kappa shape index (κ1) is 25.9. The lowest BCUT2D eigenvalue weighted by Gasteiger charge is -2.32. The van der Waals surface area contributed by atoms with Crippen LogP contribution in [-0.4, -0.2) is 56.6 Å². The van der Waals surface area contributed by atoms with Gasteiger partial charge in [0, 0.05) is 17.1 Å². The average Bonchev–Trinajstić information content (AvgIpc) is 2.72. The summed E-state index contributed by atoms with van der Waals surface area (Å²) >= 11 is 3.36. The lowest BCUT2D eigenvalue weighted by atomic mass is 10.1. The summed E-state index contributed by atoms with van der Waals surface area (Å²) in [5.74, 6) is -0.735. The zero-order valence-corrected chi connectivity index (χ0v) is 21.2.